The van der Waals surface area contributed by atoms with Crippen molar-refractivity contribution in [1.82, 2.24) is 14.7 Å². The minimum Gasteiger partial charge on any atom is -0.460 e. The Morgan fingerprint density at radius 1 is 1.23 bits per heavy atom. The van der Waals surface area contributed by atoms with Crippen LogP contribution < -0.4 is 10.0 Å². The van der Waals surface area contributed by atoms with Crippen LogP contribution in [0.25, 0.3) is 0 Å². The molecule has 2 aromatic heterocycles. The van der Waals surface area contributed by atoms with Crippen molar-refractivity contribution in [1.29, 1.82) is 0 Å². The number of furan rings is 1. The predicted octanol–water partition coefficient (Wildman–Crippen LogP) is 1.50. The van der Waals surface area contributed by atoms with Gasteiger partial charge in [-0.05, 0) is 31.4 Å². The number of carbonyl (C=O) groups excluding carboxylic acids is 1. The Kier molecular flexibility index (Phi) is 7.01. The van der Waals surface area contributed by atoms with Crippen LogP contribution in [0.4, 0.5) is 5.82 Å². The molecular formula is C23H26N4O7S. The summed E-state index contributed by atoms with van der Waals surface area (Å²) in [7, 11) is -4.36. The molecule has 35 heavy (non-hydrogen) atoms. The lowest BCUT2D eigenvalue weighted by Crippen LogP contribution is -2.32. The Labute approximate surface area is 202 Å². The lowest BCUT2D eigenvalue weighted by molar-refractivity contribution is 0.100. The minimum absolute atomic E-state index is 0.00394. The monoisotopic (exact) mass is 502 g/mol. The van der Waals surface area contributed by atoms with Crippen LogP contribution in [0.15, 0.2) is 59.6 Å². The molecule has 0 aliphatic heterocycles. The summed E-state index contributed by atoms with van der Waals surface area (Å²) in [5.74, 6) is -0.691. The number of aliphatic hydroxyl groups excluding tert-OH is 1. The molecule has 0 radical (unpaired) electrons. The summed E-state index contributed by atoms with van der Waals surface area (Å²) in [6.07, 6.45) is 3.81. The number of nitrogens with zero attached hydrogens (tertiary/aromatic N) is 2. The van der Waals surface area contributed by atoms with E-state index in [0.717, 1.165) is 0 Å². The SMILES string of the molecule is C[C@@](O)(c1ccccc1)c1coc(C(=O)c2cncnc2N[C@@H]2C[C@H](CNS(=O)(=O)O)[C@@H](O)C2)c1. The number of hydrogen-bond acceptors (Lipinski definition) is 9. The molecule has 1 aromatic carbocycles. The molecule has 0 spiro atoms. The van der Waals surface area contributed by atoms with Crippen molar-refractivity contribution in [3.8, 4) is 0 Å². The quantitative estimate of drug-likeness (QED) is 0.213. The molecule has 12 heteroatoms. The van der Waals surface area contributed by atoms with Crippen LogP contribution in [0, 0.1) is 5.92 Å². The number of nitrogens with one attached hydrogen (secondary N) is 2. The minimum atomic E-state index is -4.36. The Hall–Kier alpha value is -3.16. The van der Waals surface area contributed by atoms with Crippen molar-refractivity contribution in [2.75, 3.05) is 11.9 Å². The number of carbonyl (C=O) groups is 1. The smallest absolute Gasteiger partial charge is 0.333 e. The van der Waals surface area contributed by atoms with Gasteiger partial charge in [-0.2, -0.15) is 13.1 Å². The molecule has 11 nitrogen and oxygen atoms in total. The molecule has 3 aromatic rings. The standard InChI is InChI=1S/C23H26N4O7S/c1-23(30,15-5-3-2-4-6-15)16-8-20(34-12-16)21(29)18-11-24-13-25-22(18)27-17-7-14(19(28)9-17)10-26-35(31,32)33/h2-6,8,11-14,17,19,26,28,30H,7,9-10H2,1H3,(H,24,25,27)(H,31,32,33)/t14-,17-,19+,23-/m1/s1. The molecule has 1 aliphatic rings. The van der Waals surface area contributed by atoms with Gasteiger partial charge >= 0.3 is 10.3 Å². The van der Waals surface area contributed by atoms with E-state index in [4.69, 9.17) is 8.97 Å². The number of ketones is 1. The molecule has 0 saturated heterocycles. The highest BCUT2D eigenvalue weighted by Crippen LogP contribution is 2.32. The van der Waals surface area contributed by atoms with Crippen molar-refractivity contribution >= 4 is 21.9 Å². The molecule has 4 atom stereocenters. The highest BCUT2D eigenvalue weighted by molar-refractivity contribution is 7.83. The van der Waals surface area contributed by atoms with Gasteiger partial charge in [-0.3, -0.25) is 9.35 Å². The van der Waals surface area contributed by atoms with Gasteiger partial charge in [0.25, 0.3) is 0 Å². The molecule has 0 bridgehead atoms. The zero-order chi connectivity index (χ0) is 25.2. The number of benzene rings is 1. The van der Waals surface area contributed by atoms with E-state index in [1.54, 1.807) is 31.2 Å². The fourth-order valence-electron chi connectivity index (χ4n) is 4.23. The topological polar surface area (TPSA) is 175 Å². The molecule has 1 fully saturated rings. The van der Waals surface area contributed by atoms with Crippen molar-refractivity contribution in [2.45, 2.75) is 37.5 Å². The fourth-order valence-corrected chi connectivity index (χ4v) is 4.65. The molecule has 0 unspecified atom stereocenters. The van der Waals surface area contributed by atoms with E-state index in [-0.39, 0.29) is 29.7 Å². The lowest BCUT2D eigenvalue weighted by Gasteiger charge is -2.22. The van der Waals surface area contributed by atoms with E-state index >= 15 is 0 Å². The van der Waals surface area contributed by atoms with E-state index in [1.165, 1.54) is 24.9 Å². The summed E-state index contributed by atoms with van der Waals surface area (Å²) in [4.78, 5) is 21.3. The van der Waals surface area contributed by atoms with Crippen LogP contribution in [0.2, 0.25) is 0 Å². The first-order chi connectivity index (χ1) is 16.5. The van der Waals surface area contributed by atoms with E-state index in [1.807, 2.05) is 10.8 Å². The third kappa shape index (κ3) is 5.74. The molecule has 186 valence electrons. The van der Waals surface area contributed by atoms with Gasteiger partial charge in [0.15, 0.2) is 5.76 Å². The maximum absolute atomic E-state index is 13.2. The van der Waals surface area contributed by atoms with E-state index in [9.17, 15) is 23.4 Å². The van der Waals surface area contributed by atoms with Gasteiger partial charge in [0.2, 0.25) is 5.78 Å². The number of aliphatic hydroxyl groups is 2. The number of aromatic nitrogens is 2. The average molecular weight is 503 g/mol. The molecule has 1 saturated carbocycles. The molecule has 2 heterocycles. The summed E-state index contributed by atoms with van der Waals surface area (Å²) in [5, 5.41) is 24.4. The summed E-state index contributed by atoms with van der Waals surface area (Å²) in [6.45, 7) is 1.49. The fraction of sp³-hybridized carbons (Fsp3) is 0.348. The third-order valence-corrected chi connectivity index (χ3v) is 6.74. The van der Waals surface area contributed by atoms with E-state index in [0.29, 0.717) is 24.0 Å². The molecule has 1 aliphatic carbocycles. The molecule has 4 rings (SSSR count). The van der Waals surface area contributed by atoms with Gasteiger partial charge in [0.05, 0.1) is 17.9 Å². The van der Waals surface area contributed by atoms with E-state index in [2.05, 4.69) is 15.3 Å². The van der Waals surface area contributed by atoms with Crippen LogP contribution in [-0.4, -0.2) is 57.6 Å². The highest BCUT2D eigenvalue weighted by Gasteiger charge is 2.35. The summed E-state index contributed by atoms with van der Waals surface area (Å²) in [5.41, 5.74) is -0.181. The largest absolute Gasteiger partial charge is 0.460 e. The Morgan fingerprint density at radius 2 is 1.97 bits per heavy atom. The first-order valence-electron chi connectivity index (χ1n) is 10.9. The van der Waals surface area contributed by atoms with Crippen LogP contribution in [0.1, 0.15) is 47.0 Å². The third-order valence-electron chi connectivity index (χ3n) is 6.20. The molecule has 0 amide bonds. The van der Waals surface area contributed by atoms with Gasteiger partial charge in [-0.1, -0.05) is 30.3 Å². The Morgan fingerprint density at radius 3 is 2.69 bits per heavy atom. The number of anilines is 1. The second kappa shape index (κ2) is 9.84. The van der Waals surface area contributed by atoms with Gasteiger partial charge < -0.3 is 19.9 Å². The Bertz CT molecular complexity index is 1290. The van der Waals surface area contributed by atoms with Gasteiger partial charge in [0, 0.05) is 30.3 Å². The first-order valence-corrected chi connectivity index (χ1v) is 12.4. The van der Waals surface area contributed by atoms with Gasteiger partial charge in [0.1, 0.15) is 17.7 Å². The summed E-state index contributed by atoms with van der Waals surface area (Å²) >= 11 is 0. The summed E-state index contributed by atoms with van der Waals surface area (Å²) < 4.78 is 38.2. The van der Waals surface area contributed by atoms with Crippen LogP contribution in [0.5, 0.6) is 0 Å². The highest BCUT2D eigenvalue weighted by atomic mass is 32.2. The first kappa shape index (κ1) is 24.9. The van der Waals surface area contributed by atoms with Crippen molar-refractivity contribution in [3.05, 3.63) is 77.6 Å². The molecule has 5 N–H and O–H groups in total. The maximum atomic E-state index is 13.2. The zero-order valence-corrected chi connectivity index (χ0v) is 19.6. The van der Waals surface area contributed by atoms with Crippen LogP contribution in [0.3, 0.4) is 0 Å². The number of rotatable bonds is 9. The maximum Gasteiger partial charge on any atom is 0.333 e. The van der Waals surface area contributed by atoms with Gasteiger partial charge in [-0.25, -0.2) is 9.97 Å². The zero-order valence-electron chi connectivity index (χ0n) is 18.8. The van der Waals surface area contributed by atoms with Crippen molar-refractivity contribution < 1.29 is 32.4 Å². The van der Waals surface area contributed by atoms with E-state index < -0.39 is 33.7 Å². The predicted molar refractivity (Wildman–Crippen MR) is 125 cm³/mol. The van der Waals surface area contributed by atoms with Crippen molar-refractivity contribution in [2.24, 2.45) is 5.92 Å². The summed E-state index contributed by atoms with van der Waals surface area (Å²) in [6, 6.07) is 10.2. The van der Waals surface area contributed by atoms with Crippen LogP contribution in [-0.2, 0) is 15.9 Å². The second-order valence-electron chi connectivity index (χ2n) is 8.72. The second-order valence-corrected chi connectivity index (χ2v) is 9.95. The normalized spacial score (nSPS) is 22.0. The van der Waals surface area contributed by atoms with Crippen LogP contribution >= 0.6 is 0 Å². The van der Waals surface area contributed by atoms with Gasteiger partial charge in [-0.15, -0.1) is 0 Å². The molecular weight excluding hydrogens is 476 g/mol. The van der Waals surface area contributed by atoms with Crippen molar-refractivity contribution in [3.63, 3.8) is 0 Å². The Balaban J connectivity index is 1.50. The number of hydrogen-bond donors (Lipinski definition) is 5. The lowest BCUT2D eigenvalue weighted by atomic mass is 9.90. The average Bonchev–Trinajstić information content (AvgIpc) is 3.45.